The zero-order valence-electron chi connectivity index (χ0n) is 20.2. The molecule has 0 aromatic heterocycles. The van der Waals surface area contributed by atoms with Gasteiger partial charge in [0, 0.05) is 51.9 Å². The molecule has 2 aliphatic heterocycles. The molecule has 2 heterocycles. The summed E-state index contributed by atoms with van der Waals surface area (Å²) in [4.78, 5) is 9.50. The van der Waals surface area contributed by atoms with E-state index in [4.69, 9.17) is 4.74 Å². The van der Waals surface area contributed by atoms with Gasteiger partial charge in [-0.15, -0.1) is 0 Å². The molecule has 0 spiro atoms. The Balaban J connectivity index is 1.40. The van der Waals surface area contributed by atoms with Crippen molar-refractivity contribution in [1.82, 2.24) is 20.4 Å². The van der Waals surface area contributed by atoms with Crippen molar-refractivity contribution in [2.24, 2.45) is 4.99 Å². The van der Waals surface area contributed by atoms with Crippen molar-refractivity contribution in [3.63, 3.8) is 0 Å². The number of rotatable bonds is 10. The molecule has 0 radical (unpaired) electrons. The van der Waals surface area contributed by atoms with Gasteiger partial charge < -0.3 is 25.4 Å². The van der Waals surface area contributed by atoms with Crippen LogP contribution < -0.4 is 10.6 Å². The first kappa shape index (κ1) is 25.0. The van der Waals surface area contributed by atoms with Gasteiger partial charge in [-0.3, -0.25) is 9.89 Å². The van der Waals surface area contributed by atoms with Crippen molar-refractivity contribution in [1.29, 1.82) is 0 Å². The highest BCUT2D eigenvalue weighted by atomic mass is 16.5. The van der Waals surface area contributed by atoms with Gasteiger partial charge in [0.15, 0.2) is 5.96 Å². The molecular weight excluding hydrogens is 402 g/mol. The van der Waals surface area contributed by atoms with Crippen molar-refractivity contribution in [2.45, 2.75) is 64.8 Å². The highest BCUT2D eigenvalue weighted by molar-refractivity contribution is 5.80. The smallest absolute Gasteiger partial charge is 0.191 e. The maximum absolute atomic E-state index is 10.6. The van der Waals surface area contributed by atoms with Gasteiger partial charge in [-0.2, -0.15) is 0 Å². The van der Waals surface area contributed by atoms with E-state index in [-0.39, 0.29) is 0 Å². The number of guanidine groups is 1. The number of hydrogen-bond acceptors (Lipinski definition) is 5. The second-order valence-corrected chi connectivity index (χ2v) is 9.31. The molecule has 0 aliphatic carbocycles. The lowest BCUT2D eigenvalue weighted by atomic mass is 10.00. The van der Waals surface area contributed by atoms with Gasteiger partial charge in [-0.05, 0) is 51.2 Å². The number of hydrogen-bond donors (Lipinski definition) is 3. The largest absolute Gasteiger partial charge is 0.390 e. The van der Waals surface area contributed by atoms with Crippen molar-refractivity contribution < 1.29 is 9.84 Å². The Bertz CT molecular complexity index is 703. The number of aliphatic imine (C=N–C) groups is 1. The lowest BCUT2D eigenvalue weighted by Gasteiger charge is -2.33. The maximum Gasteiger partial charge on any atom is 0.191 e. The van der Waals surface area contributed by atoms with Crippen LogP contribution in [0.15, 0.2) is 29.3 Å². The molecule has 1 atom stereocenters. The predicted molar refractivity (Wildman–Crippen MR) is 131 cm³/mol. The van der Waals surface area contributed by atoms with E-state index in [0.29, 0.717) is 25.2 Å². The fourth-order valence-electron chi connectivity index (χ4n) is 4.49. The summed E-state index contributed by atoms with van der Waals surface area (Å²) in [7, 11) is 0. The van der Waals surface area contributed by atoms with Crippen LogP contribution in [0, 0.1) is 0 Å². The van der Waals surface area contributed by atoms with Gasteiger partial charge in [0.2, 0.25) is 0 Å². The molecule has 1 fully saturated rings. The molecule has 2 aliphatic rings. The number of benzene rings is 1. The van der Waals surface area contributed by atoms with Crippen molar-refractivity contribution in [3.8, 4) is 0 Å². The normalized spacial score (nSPS) is 19.7. The van der Waals surface area contributed by atoms with Crippen LogP contribution in [0.3, 0.4) is 0 Å². The SMILES string of the molecule is CCNC(=NCC(O)CN1CCc2ccccc2C1)NC1CCN(CCOC(C)C)CC1. The Kier molecular flexibility index (Phi) is 10.2. The van der Waals surface area contributed by atoms with Gasteiger partial charge in [0.25, 0.3) is 0 Å². The molecule has 0 saturated carbocycles. The second kappa shape index (κ2) is 13.1. The number of aliphatic hydroxyl groups is 1. The highest BCUT2D eigenvalue weighted by Gasteiger charge is 2.21. The summed E-state index contributed by atoms with van der Waals surface area (Å²) in [5, 5.41) is 17.5. The highest BCUT2D eigenvalue weighted by Crippen LogP contribution is 2.18. The van der Waals surface area contributed by atoms with Gasteiger partial charge in [-0.1, -0.05) is 24.3 Å². The predicted octanol–water partition coefficient (Wildman–Crippen LogP) is 1.85. The Morgan fingerprint density at radius 3 is 2.62 bits per heavy atom. The number of aliphatic hydroxyl groups excluding tert-OH is 1. The minimum absolute atomic E-state index is 0.300. The number of nitrogens with zero attached hydrogens (tertiary/aromatic N) is 3. The van der Waals surface area contributed by atoms with Crippen LogP contribution in [-0.4, -0.2) is 91.5 Å². The molecule has 3 N–H and O–H groups in total. The van der Waals surface area contributed by atoms with Crippen LogP contribution >= 0.6 is 0 Å². The number of piperidine rings is 1. The fraction of sp³-hybridized carbons (Fsp3) is 0.720. The molecule has 0 amide bonds. The van der Waals surface area contributed by atoms with E-state index in [9.17, 15) is 5.11 Å². The molecule has 180 valence electrons. The van der Waals surface area contributed by atoms with Crippen molar-refractivity contribution in [3.05, 3.63) is 35.4 Å². The van der Waals surface area contributed by atoms with E-state index in [1.54, 1.807) is 0 Å². The van der Waals surface area contributed by atoms with E-state index in [0.717, 1.165) is 71.1 Å². The van der Waals surface area contributed by atoms with Crippen LogP contribution in [0.5, 0.6) is 0 Å². The quantitative estimate of drug-likeness (QED) is 0.377. The van der Waals surface area contributed by atoms with E-state index >= 15 is 0 Å². The number of nitrogens with one attached hydrogen (secondary N) is 2. The monoisotopic (exact) mass is 445 g/mol. The molecule has 0 bridgehead atoms. The summed E-state index contributed by atoms with van der Waals surface area (Å²) in [6.07, 6.45) is 3.09. The standard InChI is InChI=1S/C25H43N5O2/c1-4-26-25(28-23-10-13-29(14-11-23)15-16-32-20(2)3)27-17-24(31)19-30-12-9-21-7-5-6-8-22(21)18-30/h5-8,20,23-24,31H,4,9-19H2,1-3H3,(H2,26,27,28). The maximum atomic E-state index is 10.6. The van der Waals surface area contributed by atoms with Gasteiger partial charge in [0.05, 0.1) is 25.4 Å². The molecule has 7 nitrogen and oxygen atoms in total. The fourth-order valence-corrected chi connectivity index (χ4v) is 4.49. The van der Waals surface area contributed by atoms with E-state index < -0.39 is 6.10 Å². The van der Waals surface area contributed by atoms with Gasteiger partial charge in [0.1, 0.15) is 0 Å². The van der Waals surface area contributed by atoms with Gasteiger partial charge >= 0.3 is 0 Å². The van der Waals surface area contributed by atoms with Crippen LogP contribution in [0.25, 0.3) is 0 Å². The third-order valence-corrected chi connectivity index (χ3v) is 6.27. The van der Waals surface area contributed by atoms with Crippen molar-refractivity contribution in [2.75, 3.05) is 52.4 Å². The summed E-state index contributed by atoms with van der Waals surface area (Å²) < 4.78 is 5.68. The lowest BCUT2D eigenvalue weighted by Crippen LogP contribution is -2.49. The molecule has 1 unspecified atom stereocenters. The van der Waals surface area contributed by atoms with E-state index in [1.807, 2.05) is 0 Å². The molecule has 1 aromatic rings. The molecule has 1 aromatic carbocycles. The molecule has 1 saturated heterocycles. The minimum Gasteiger partial charge on any atom is -0.390 e. The third-order valence-electron chi connectivity index (χ3n) is 6.27. The zero-order chi connectivity index (χ0) is 22.8. The first-order valence-electron chi connectivity index (χ1n) is 12.4. The Morgan fingerprint density at radius 1 is 1.16 bits per heavy atom. The van der Waals surface area contributed by atoms with Crippen LogP contribution in [-0.2, 0) is 17.7 Å². The molecular formula is C25H43N5O2. The summed E-state index contributed by atoms with van der Waals surface area (Å²) in [6.45, 7) is 14.0. The first-order chi connectivity index (χ1) is 15.5. The lowest BCUT2D eigenvalue weighted by molar-refractivity contribution is 0.0532. The number of fused-ring (bicyclic) bond motifs is 1. The average molecular weight is 446 g/mol. The Morgan fingerprint density at radius 2 is 1.91 bits per heavy atom. The average Bonchev–Trinajstić information content (AvgIpc) is 2.78. The first-order valence-corrected chi connectivity index (χ1v) is 12.4. The van der Waals surface area contributed by atoms with Crippen LogP contribution in [0.1, 0.15) is 44.7 Å². The van der Waals surface area contributed by atoms with Crippen molar-refractivity contribution >= 4 is 5.96 Å². The zero-order valence-corrected chi connectivity index (χ0v) is 20.2. The number of ether oxygens (including phenoxy) is 1. The molecule has 32 heavy (non-hydrogen) atoms. The third kappa shape index (κ3) is 8.35. The Labute approximate surface area is 194 Å². The van der Waals surface area contributed by atoms with Crippen LogP contribution in [0.4, 0.5) is 0 Å². The molecule has 7 heteroatoms. The summed E-state index contributed by atoms with van der Waals surface area (Å²) in [6, 6.07) is 9.04. The number of likely N-dealkylation sites (tertiary alicyclic amines) is 1. The van der Waals surface area contributed by atoms with E-state index in [2.05, 4.69) is 70.5 Å². The summed E-state index contributed by atoms with van der Waals surface area (Å²) in [5.41, 5.74) is 2.82. The topological polar surface area (TPSA) is 72.4 Å². The molecule has 3 rings (SSSR count). The summed E-state index contributed by atoms with van der Waals surface area (Å²) >= 11 is 0. The van der Waals surface area contributed by atoms with Gasteiger partial charge in [-0.25, -0.2) is 0 Å². The number of β-amino-alcohol motifs (C(OH)–C–C–N with tert-alkyl or cyclic N) is 1. The van der Waals surface area contributed by atoms with E-state index in [1.165, 1.54) is 11.1 Å². The minimum atomic E-state index is -0.460. The summed E-state index contributed by atoms with van der Waals surface area (Å²) in [5.74, 6) is 0.817. The van der Waals surface area contributed by atoms with Crippen LogP contribution in [0.2, 0.25) is 0 Å². The Hall–Kier alpha value is -1.67. The second-order valence-electron chi connectivity index (χ2n) is 9.31.